The highest BCUT2D eigenvalue weighted by Crippen LogP contribution is 2.59. The van der Waals surface area contributed by atoms with E-state index in [1.165, 1.54) is 0 Å². The van der Waals surface area contributed by atoms with Crippen LogP contribution in [0.25, 0.3) is 0 Å². The second-order valence-corrected chi connectivity index (χ2v) is 6.78. The summed E-state index contributed by atoms with van der Waals surface area (Å²) in [5.41, 5.74) is 0. The van der Waals surface area contributed by atoms with E-state index in [2.05, 4.69) is 0 Å². The van der Waals surface area contributed by atoms with Crippen molar-refractivity contribution in [3.8, 4) is 0 Å². The van der Waals surface area contributed by atoms with Crippen LogP contribution in [-0.4, -0.2) is 24.2 Å². The Kier molecular flexibility index (Phi) is 4.23. The van der Waals surface area contributed by atoms with E-state index < -0.39 is 36.5 Å². The van der Waals surface area contributed by atoms with Crippen LogP contribution in [0.3, 0.4) is 0 Å². The zero-order chi connectivity index (χ0) is 17.1. The third-order valence-electron chi connectivity index (χ3n) is 5.70. The van der Waals surface area contributed by atoms with Crippen molar-refractivity contribution in [1.82, 2.24) is 0 Å². The van der Waals surface area contributed by atoms with Crippen LogP contribution in [0.15, 0.2) is 0 Å². The van der Waals surface area contributed by atoms with Crippen LogP contribution in [0.4, 0.5) is 35.1 Å². The minimum atomic E-state index is -6.06. The molecule has 2 rings (SSSR count). The highest BCUT2D eigenvalue weighted by molar-refractivity contribution is 5.03. The SMILES string of the molecule is CC1C2CC(CC(F)(F)C(F)(F)C(F)(F)C(F)F)C(C2)C1C. The van der Waals surface area contributed by atoms with Gasteiger partial charge in [0.1, 0.15) is 0 Å². The molecule has 2 aliphatic rings. The number of hydrogen-bond acceptors (Lipinski definition) is 0. The lowest BCUT2D eigenvalue weighted by atomic mass is 9.73. The molecule has 0 aromatic carbocycles. The van der Waals surface area contributed by atoms with Crippen molar-refractivity contribution in [3.05, 3.63) is 0 Å². The predicted octanol–water partition coefficient (Wildman–Crippen LogP) is 5.48. The van der Waals surface area contributed by atoms with Crippen LogP contribution < -0.4 is 0 Å². The minimum absolute atomic E-state index is 0.0452. The highest BCUT2D eigenvalue weighted by atomic mass is 19.4. The maximum absolute atomic E-state index is 13.7. The van der Waals surface area contributed by atoms with Crippen molar-refractivity contribution < 1.29 is 35.1 Å². The van der Waals surface area contributed by atoms with Crippen molar-refractivity contribution in [2.24, 2.45) is 29.6 Å². The van der Waals surface area contributed by atoms with Crippen LogP contribution in [0.1, 0.15) is 33.1 Å². The number of alkyl halides is 8. The summed E-state index contributed by atoms with van der Waals surface area (Å²) in [4.78, 5) is 0. The van der Waals surface area contributed by atoms with Crippen molar-refractivity contribution in [1.29, 1.82) is 0 Å². The molecular formula is C14H18F8. The molecule has 0 nitrogen and oxygen atoms in total. The van der Waals surface area contributed by atoms with E-state index in [9.17, 15) is 35.1 Å². The first kappa shape index (κ1) is 17.8. The summed E-state index contributed by atoms with van der Waals surface area (Å²) < 4.78 is 104. The molecule has 8 heteroatoms. The third-order valence-corrected chi connectivity index (χ3v) is 5.70. The van der Waals surface area contributed by atoms with E-state index in [4.69, 9.17) is 0 Å². The van der Waals surface area contributed by atoms with Gasteiger partial charge in [-0.3, -0.25) is 0 Å². The molecule has 0 radical (unpaired) electrons. The normalized spacial score (nSPS) is 36.4. The fraction of sp³-hybridized carbons (Fsp3) is 1.00. The first-order valence-electron chi connectivity index (χ1n) is 7.24. The van der Waals surface area contributed by atoms with Gasteiger partial charge in [0.15, 0.2) is 0 Å². The molecule has 2 fully saturated rings. The quantitative estimate of drug-likeness (QED) is 0.583. The van der Waals surface area contributed by atoms with E-state index in [0.717, 1.165) is 0 Å². The van der Waals surface area contributed by atoms with E-state index in [1.54, 1.807) is 0 Å². The van der Waals surface area contributed by atoms with Crippen molar-refractivity contribution in [2.45, 2.75) is 57.3 Å². The average molecular weight is 338 g/mol. The second-order valence-electron chi connectivity index (χ2n) is 6.78. The summed E-state index contributed by atoms with van der Waals surface area (Å²) in [6.07, 6.45) is -5.44. The maximum atomic E-state index is 13.7. The van der Waals surface area contributed by atoms with Crippen molar-refractivity contribution in [3.63, 3.8) is 0 Å². The second kappa shape index (κ2) is 5.23. The van der Waals surface area contributed by atoms with E-state index in [0.29, 0.717) is 6.42 Å². The Bertz CT molecular complexity index is 417. The molecule has 0 amide bonds. The fourth-order valence-corrected chi connectivity index (χ4v) is 4.17. The lowest BCUT2D eigenvalue weighted by Crippen LogP contribution is -2.58. The summed E-state index contributed by atoms with van der Waals surface area (Å²) in [7, 11) is 0. The van der Waals surface area contributed by atoms with Crippen molar-refractivity contribution in [2.75, 3.05) is 0 Å². The van der Waals surface area contributed by atoms with Gasteiger partial charge in [-0.2, -0.15) is 26.3 Å². The van der Waals surface area contributed by atoms with Gasteiger partial charge in [-0.15, -0.1) is 0 Å². The molecule has 5 unspecified atom stereocenters. The molecule has 2 bridgehead atoms. The summed E-state index contributed by atoms with van der Waals surface area (Å²) >= 11 is 0. The van der Waals surface area contributed by atoms with Gasteiger partial charge in [0, 0.05) is 6.42 Å². The van der Waals surface area contributed by atoms with Gasteiger partial charge in [-0.25, -0.2) is 8.78 Å². The zero-order valence-corrected chi connectivity index (χ0v) is 12.1. The van der Waals surface area contributed by atoms with Gasteiger partial charge >= 0.3 is 24.2 Å². The molecule has 0 saturated heterocycles. The molecule has 2 aliphatic carbocycles. The molecule has 0 N–H and O–H groups in total. The highest BCUT2D eigenvalue weighted by Gasteiger charge is 2.75. The summed E-state index contributed by atoms with van der Waals surface area (Å²) in [5, 5.41) is 0. The van der Waals surface area contributed by atoms with Crippen LogP contribution in [0.5, 0.6) is 0 Å². The molecule has 0 aromatic heterocycles. The minimum Gasteiger partial charge on any atom is -0.203 e. The largest absolute Gasteiger partial charge is 0.377 e. The van der Waals surface area contributed by atoms with Crippen LogP contribution in [0, 0.1) is 29.6 Å². The average Bonchev–Trinajstić information content (AvgIpc) is 2.89. The Hall–Kier alpha value is -0.560. The van der Waals surface area contributed by atoms with Gasteiger partial charge in [0.2, 0.25) is 0 Å². The standard InChI is InChI=1S/C14H18F8/c1-6-7(2)10-4-8(6)3-9(10)5-12(17,18)14(21,22)13(19,20)11(15)16/h6-11H,3-5H2,1-2H3. The number of fused-ring (bicyclic) bond motifs is 2. The Morgan fingerprint density at radius 2 is 1.45 bits per heavy atom. The van der Waals surface area contributed by atoms with Crippen LogP contribution >= 0.6 is 0 Å². The number of halogens is 8. The molecule has 2 saturated carbocycles. The Morgan fingerprint density at radius 3 is 1.86 bits per heavy atom. The van der Waals surface area contributed by atoms with Gasteiger partial charge in [0.25, 0.3) is 0 Å². The zero-order valence-electron chi connectivity index (χ0n) is 12.1. The third kappa shape index (κ3) is 2.40. The first-order valence-corrected chi connectivity index (χ1v) is 7.24. The summed E-state index contributed by atoms with van der Waals surface area (Å²) in [6, 6.07) is 0. The molecular weight excluding hydrogens is 320 g/mol. The molecule has 0 heterocycles. The van der Waals surface area contributed by atoms with Gasteiger partial charge in [-0.05, 0) is 42.4 Å². The molecule has 5 atom stereocenters. The topological polar surface area (TPSA) is 0 Å². The van der Waals surface area contributed by atoms with Gasteiger partial charge in [0.05, 0.1) is 0 Å². The Morgan fingerprint density at radius 1 is 0.909 bits per heavy atom. The van der Waals surface area contributed by atoms with Gasteiger partial charge in [-0.1, -0.05) is 13.8 Å². The monoisotopic (exact) mass is 338 g/mol. The van der Waals surface area contributed by atoms with E-state index in [-0.39, 0.29) is 30.1 Å². The molecule has 0 aromatic rings. The molecule has 0 aliphatic heterocycles. The Balaban J connectivity index is 2.15. The fourth-order valence-electron chi connectivity index (χ4n) is 4.17. The van der Waals surface area contributed by atoms with E-state index in [1.807, 2.05) is 13.8 Å². The number of hydrogen-bond donors (Lipinski definition) is 0. The van der Waals surface area contributed by atoms with Crippen LogP contribution in [0.2, 0.25) is 0 Å². The molecule has 0 spiro atoms. The van der Waals surface area contributed by atoms with Crippen molar-refractivity contribution >= 4 is 0 Å². The maximum Gasteiger partial charge on any atom is 0.377 e. The Labute approximate surface area is 123 Å². The smallest absolute Gasteiger partial charge is 0.203 e. The van der Waals surface area contributed by atoms with Gasteiger partial charge < -0.3 is 0 Å². The van der Waals surface area contributed by atoms with Crippen LogP contribution in [-0.2, 0) is 0 Å². The first-order chi connectivity index (χ1) is 9.83. The summed E-state index contributed by atoms with van der Waals surface area (Å²) in [6.45, 7) is 3.77. The number of rotatable bonds is 5. The predicted molar refractivity (Wildman–Crippen MR) is 63.5 cm³/mol. The molecule has 22 heavy (non-hydrogen) atoms. The lowest BCUT2D eigenvalue weighted by Gasteiger charge is -2.37. The lowest BCUT2D eigenvalue weighted by molar-refractivity contribution is -0.342. The summed E-state index contributed by atoms with van der Waals surface area (Å²) in [5.74, 6) is -17.9. The molecule has 130 valence electrons. The van der Waals surface area contributed by atoms with E-state index >= 15 is 0 Å².